The minimum absolute atomic E-state index is 0.215. The maximum Gasteiger partial charge on any atom is 0.291 e. The van der Waals surface area contributed by atoms with Crippen LogP contribution in [0.25, 0.3) is 0 Å². The van der Waals surface area contributed by atoms with Gasteiger partial charge in [-0.15, -0.1) is 11.8 Å². The first-order chi connectivity index (χ1) is 9.74. The fraction of sp³-hybridized carbons (Fsp3) is 0.167. The van der Waals surface area contributed by atoms with Crippen molar-refractivity contribution < 1.29 is 9.53 Å². The van der Waals surface area contributed by atoms with E-state index >= 15 is 0 Å². The zero-order chi connectivity index (χ0) is 14.4. The van der Waals surface area contributed by atoms with Crippen LogP contribution in [0.3, 0.4) is 0 Å². The number of nitrogens with one attached hydrogen (secondary N) is 1. The topological polar surface area (TPSA) is 76.5 Å². The molecule has 20 heavy (non-hydrogen) atoms. The number of rotatable bonds is 5. The Bertz CT molecular complexity index is 613. The first-order valence-corrected chi connectivity index (χ1v) is 7.60. The molecule has 0 saturated heterocycles. The van der Waals surface area contributed by atoms with Crippen LogP contribution >= 0.6 is 23.1 Å². The summed E-state index contributed by atoms with van der Waals surface area (Å²) in [6.45, 7) is 0. The molecule has 0 fully saturated rings. The first kappa shape index (κ1) is 14.5. The van der Waals surface area contributed by atoms with Crippen molar-refractivity contribution in [3.63, 3.8) is 0 Å². The third kappa shape index (κ3) is 3.55. The minimum atomic E-state index is -0.409. The second-order valence-corrected chi connectivity index (χ2v) is 5.63. The quantitative estimate of drug-likeness (QED) is 0.519. The highest BCUT2D eigenvalue weighted by molar-refractivity contribution is 8.00. The van der Waals surface area contributed by atoms with Gasteiger partial charge in [0.2, 0.25) is 0 Å². The Morgan fingerprint density at radius 2 is 2.40 bits per heavy atom. The Labute approximate surface area is 124 Å². The standard InChI is InChI=1S/C12H12N4O2S2/c1-18-12-8(5-10(19-2)20-12)6-15-16-11(17)9-7-13-3-4-14-9/h3-7H,1-2H3,(H,16,17)/b15-6-. The number of thioether (sulfide) groups is 1. The number of hydrazone groups is 1. The van der Waals surface area contributed by atoms with Gasteiger partial charge in [0, 0.05) is 18.0 Å². The fourth-order valence-corrected chi connectivity index (χ4v) is 2.84. The van der Waals surface area contributed by atoms with Gasteiger partial charge in [-0.3, -0.25) is 9.78 Å². The highest BCUT2D eigenvalue weighted by Crippen LogP contribution is 2.34. The lowest BCUT2D eigenvalue weighted by atomic mass is 10.4. The molecule has 104 valence electrons. The van der Waals surface area contributed by atoms with E-state index in [0.717, 1.165) is 14.8 Å². The van der Waals surface area contributed by atoms with Crippen molar-refractivity contribution >= 4 is 35.2 Å². The maximum absolute atomic E-state index is 11.7. The first-order valence-electron chi connectivity index (χ1n) is 5.56. The van der Waals surface area contributed by atoms with Crippen molar-refractivity contribution in [2.24, 2.45) is 5.10 Å². The summed E-state index contributed by atoms with van der Waals surface area (Å²) in [5, 5.41) is 4.66. The molecule has 2 aromatic heterocycles. The van der Waals surface area contributed by atoms with Gasteiger partial charge in [-0.2, -0.15) is 5.10 Å². The van der Waals surface area contributed by atoms with Crippen LogP contribution in [0.5, 0.6) is 5.06 Å². The molecule has 2 rings (SSSR count). The van der Waals surface area contributed by atoms with Crippen LogP contribution in [-0.4, -0.2) is 35.5 Å². The predicted octanol–water partition coefficient (Wildman–Crippen LogP) is 2.03. The number of methoxy groups -OCH3 is 1. The zero-order valence-corrected chi connectivity index (χ0v) is 12.5. The summed E-state index contributed by atoms with van der Waals surface area (Å²) in [5.74, 6) is -0.409. The third-order valence-electron chi connectivity index (χ3n) is 2.25. The van der Waals surface area contributed by atoms with Gasteiger partial charge in [0.05, 0.1) is 23.7 Å². The highest BCUT2D eigenvalue weighted by atomic mass is 32.2. The molecule has 0 radical (unpaired) electrons. The molecule has 0 spiro atoms. The van der Waals surface area contributed by atoms with Crippen molar-refractivity contribution in [1.82, 2.24) is 15.4 Å². The Kier molecular flexibility index (Phi) is 5.08. The molecular formula is C12H12N4O2S2. The van der Waals surface area contributed by atoms with Gasteiger partial charge < -0.3 is 4.74 Å². The number of carbonyl (C=O) groups excluding carboxylic acids is 1. The average molecular weight is 308 g/mol. The molecule has 2 aromatic rings. The second-order valence-electron chi connectivity index (χ2n) is 3.51. The molecule has 1 N–H and O–H groups in total. The minimum Gasteiger partial charge on any atom is -0.487 e. The molecule has 8 heteroatoms. The second kappa shape index (κ2) is 7.01. The van der Waals surface area contributed by atoms with Gasteiger partial charge in [0.25, 0.3) is 5.91 Å². The molecule has 0 aromatic carbocycles. The van der Waals surface area contributed by atoms with Crippen LogP contribution in [0, 0.1) is 0 Å². The lowest BCUT2D eigenvalue weighted by Gasteiger charge is -1.98. The van der Waals surface area contributed by atoms with E-state index in [0.29, 0.717) is 0 Å². The van der Waals surface area contributed by atoms with Crippen LogP contribution in [0.15, 0.2) is 34.0 Å². The number of hydrogen-bond donors (Lipinski definition) is 1. The number of nitrogens with zero attached hydrogens (tertiary/aromatic N) is 3. The van der Waals surface area contributed by atoms with Crippen LogP contribution in [-0.2, 0) is 0 Å². The zero-order valence-electron chi connectivity index (χ0n) is 10.9. The molecule has 6 nitrogen and oxygen atoms in total. The summed E-state index contributed by atoms with van der Waals surface area (Å²) in [5.41, 5.74) is 3.43. The third-order valence-corrected chi connectivity index (χ3v) is 4.43. The van der Waals surface area contributed by atoms with Crippen molar-refractivity contribution in [3.8, 4) is 5.06 Å². The SMILES string of the molecule is COc1sc(SC)cc1/C=N\NC(=O)c1cnccn1. The van der Waals surface area contributed by atoms with E-state index in [1.54, 1.807) is 25.1 Å². The molecule has 2 heterocycles. The molecule has 0 unspecified atom stereocenters. The molecule has 0 aliphatic carbocycles. The maximum atomic E-state index is 11.7. The highest BCUT2D eigenvalue weighted by Gasteiger charge is 2.08. The van der Waals surface area contributed by atoms with Crippen molar-refractivity contribution in [2.45, 2.75) is 4.21 Å². The van der Waals surface area contributed by atoms with Gasteiger partial charge in [-0.25, -0.2) is 10.4 Å². The number of aromatic nitrogens is 2. The fourth-order valence-electron chi connectivity index (χ4n) is 1.35. The van der Waals surface area contributed by atoms with Crippen molar-refractivity contribution in [3.05, 3.63) is 35.9 Å². The van der Waals surface area contributed by atoms with Gasteiger partial charge in [-0.05, 0) is 12.3 Å². The van der Waals surface area contributed by atoms with E-state index in [2.05, 4.69) is 20.5 Å². The molecule has 0 bridgehead atoms. The summed E-state index contributed by atoms with van der Waals surface area (Å²) >= 11 is 3.16. The summed E-state index contributed by atoms with van der Waals surface area (Å²) < 4.78 is 6.36. The molecule has 0 saturated carbocycles. The van der Waals surface area contributed by atoms with E-state index in [9.17, 15) is 4.79 Å². The van der Waals surface area contributed by atoms with E-state index in [1.165, 1.54) is 29.9 Å². The summed E-state index contributed by atoms with van der Waals surface area (Å²) in [6, 6.07) is 1.95. The summed E-state index contributed by atoms with van der Waals surface area (Å²) in [4.78, 5) is 19.4. The number of hydrogen-bond acceptors (Lipinski definition) is 7. The van der Waals surface area contributed by atoms with Crippen LogP contribution in [0.2, 0.25) is 0 Å². The number of amides is 1. The number of carbonyl (C=O) groups is 1. The smallest absolute Gasteiger partial charge is 0.291 e. The Balaban J connectivity index is 2.03. The van der Waals surface area contributed by atoms with Crippen LogP contribution in [0.4, 0.5) is 0 Å². The molecule has 0 aliphatic rings. The van der Waals surface area contributed by atoms with Crippen molar-refractivity contribution in [2.75, 3.05) is 13.4 Å². The Morgan fingerprint density at radius 3 is 3.05 bits per heavy atom. The monoisotopic (exact) mass is 308 g/mol. The summed E-state index contributed by atoms with van der Waals surface area (Å²) in [7, 11) is 1.60. The van der Waals surface area contributed by atoms with Gasteiger partial charge in [0.15, 0.2) is 5.06 Å². The van der Waals surface area contributed by atoms with E-state index in [4.69, 9.17) is 4.74 Å². The molecule has 1 amide bonds. The molecule has 0 aliphatic heterocycles. The van der Waals surface area contributed by atoms with E-state index in [1.807, 2.05) is 12.3 Å². The predicted molar refractivity (Wildman–Crippen MR) is 79.7 cm³/mol. The number of ether oxygens (including phenoxy) is 1. The normalized spacial score (nSPS) is 10.7. The van der Waals surface area contributed by atoms with Gasteiger partial charge in [0.1, 0.15) is 5.69 Å². The molecular weight excluding hydrogens is 296 g/mol. The lowest BCUT2D eigenvalue weighted by Crippen LogP contribution is -2.19. The lowest BCUT2D eigenvalue weighted by molar-refractivity contribution is 0.0949. The van der Waals surface area contributed by atoms with E-state index < -0.39 is 5.91 Å². The average Bonchev–Trinajstić information content (AvgIpc) is 2.90. The van der Waals surface area contributed by atoms with Crippen molar-refractivity contribution in [1.29, 1.82) is 0 Å². The van der Waals surface area contributed by atoms with Crippen LogP contribution < -0.4 is 10.2 Å². The van der Waals surface area contributed by atoms with Gasteiger partial charge >= 0.3 is 0 Å². The van der Waals surface area contributed by atoms with E-state index in [-0.39, 0.29) is 5.69 Å². The number of thiophene rings is 1. The Hall–Kier alpha value is -1.93. The van der Waals surface area contributed by atoms with Gasteiger partial charge in [-0.1, -0.05) is 11.3 Å². The Morgan fingerprint density at radius 1 is 1.55 bits per heavy atom. The van der Waals surface area contributed by atoms with Crippen LogP contribution in [0.1, 0.15) is 16.1 Å². The largest absolute Gasteiger partial charge is 0.487 e. The summed E-state index contributed by atoms with van der Waals surface area (Å²) in [6.07, 6.45) is 7.86. The molecule has 0 atom stereocenters.